The number of unbranched alkanes of at least 4 members (excludes halogenated alkanes) is 13. The van der Waals surface area contributed by atoms with Crippen molar-refractivity contribution in [3.8, 4) is 0 Å². The fourth-order valence-electron chi connectivity index (χ4n) is 4.95. The molecule has 0 aliphatic carbocycles. The van der Waals surface area contributed by atoms with Crippen LogP contribution >= 0.6 is 0 Å². The summed E-state index contributed by atoms with van der Waals surface area (Å²) in [6, 6.07) is 0. The normalized spacial score (nSPS) is 14.9. The minimum absolute atomic E-state index is 0.00120. The summed E-state index contributed by atoms with van der Waals surface area (Å²) in [5.74, 6) is -0.926. The molecule has 276 valence electrons. The number of carbonyl (C=O) groups excluding carboxylic acids is 2. The van der Waals surface area contributed by atoms with E-state index in [1.165, 1.54) is 76.7 Å². The molecule has 0 aliphatic heterocycles. The van der Waals surface area contributed by atoms with Gasteiger partial charge in [0, 0.05) is 12.8 Å². The zero-order valence-corrected chi connectivity index (χ0v) is 30.1. The predicted molar refractivity (Wildman–Crippen MR) is 195 cm³/mol. The molecule has 0 amide bonds. The monoisotopic (exact) mass is 676 g/mol. The van der Waals surface area contributed by atoms with Gasteiger partial charge in [-0.2, -0.15) is 0 Å². The third kappa shape index (κ3) is 30.8. The van der Waals surface area contributed by atoms with Crippen LogP contribution < -0.4 is 0 Å². The van der Waals surface area contributed by atoms with Crippen molar-refractivity contribution in [1.82, 2.24) is 0 Å². The summed E-state index contributed by atoms with van der Waals surface area (Å²) < 4.78 is 10.4. The van der Waals surface area contributed by atoms with Gasteiger partial charge in [0.15, 0.2) is 6.10 Å². The number of hydrogen-bond acceptors (Lipinski definition) is 8. The molecule has 48 heavy (non-hydrogen) atoms. The Hall–Kier alpha value is -2.52. The van der Waals surface area contributed by atoms with Crippen LogP contribution in [0.2, 0.25) is 0 Å². The Kier molecular flexibility index (Phi) is 32.5. The first-order valence-corrected chi connectivity index (χ1v) is 18.7. The molecule has 0 bridgehead atoms. The highest BCUT2D eigenvalue weighted by atomic mass is 16.6. The summed E-state index contributed by atoms with van der Waals surface area (Å²) in [7, 11) is 0. The summed E-state index contributed by atoms with van der Waals surface area (Å²) in [6.07, 6.45) is 33.7. The van der Waals surface area contributed by atoms with Gasteiger partial charge in [-0.15, -0.1) is 0 Å². The summed E-state index contributed by atoms with van der Waals surface area (Å²) in [5.41, 5.74) is 0. The van der Waals surface area contributed by atoms with Crippen molar-refractivity contribution in [2.75, 3.05) is 13.2 Å². The highest BCUT2D eigenvalue weighted by Crippen LogP contribution is 2.14. The summed E-state index contributed by atoms with van der Waals surface area (Å²) in [4.78, 5) is 24.2. The largest absolute Gasteiger partial charge is 0.462 e. The number of carbonyl (C=O) groups is 2. The Balaban J connectivity index is 3.95. The standard InChI is InChI=1S/C40H68O8/c1-3-5-7-8-9-10-11-12-13-14-15-16-21-25-31-39(45)47-34-36(33-41)48-40(46)32-26-30-38(44)37(43)29-24-20-18-17-19-23-28-35(42)27-22-6-4-2/h6,17-20,22-24,28-29,35-38,41-44H,3-5,7-16,21,25-27,30-34H2,1-2H3/b19-17+,20-18-,22-6-,28-23+,29-24-/t35-,36-,37+,38+/m0/s1. The fourth-order valence-corrected chi connectivity index (χ4v) is 4.95. The molecule has 0 aromatic rings. The highest BCUT2D eigenvalue weighted by molar-refractivity contribution is 5.70. The minimum atomic E-state index is -1.09. The maximum absolute atomic E-state index is 12.2. The number of rotatable bonds is 32. The van der Waals surface area contributed by atoms with Gasteiger partial charge in [0.25, 0.3) is 0 Å². The first kappa shape index (κ1) is 45.5. The van der Waals surface area contributed by atoms with Gasteiger partial charge in [-0.1, -0.05) is 158 Å². The van der Waals surface area contributed by atoms with E-state index in [1.807, 2.05) is 19.1 Å². The Morgan fingerprint density at radius 1 is 0.625 bits per heavy atom. The molecular weight excluding hydrogens is 608 g/mol. The van der Waals surface area contributed by atoms with Crippen LogP contribution in [0.5, 0.6) is 0 Å². The number of ether oxygens (including phenoxy) is 2. The van der Waals surface area contributed by atoms with Crippen LogP contribution in [0.1, 0.15) is 142 Å². The van der Waals surface area contributed by atoms with Gasteiger partial charge in [0.05, 0.1) is 24.9 Å². The topological polar surface area (TPSA) is 134 Å². The van der Waals surface area contributed by atoms with Gasteiger partial charge in [-0.05, 0) is 32.1 Å². The maximum atomic E-state index is 12.2. The fraction of sp³-hybridized carbons (Fsp3) is 0.700. The van der Waals surface area contributed by atoms with Gasteiger partial charge < -0.3 is 29.9 Å². The van der Waals surface area contributed by atoms with Gasteiger partial charge in [-0.25, -0.2) is 0 Å². The average Bonchev–Trinajstić information content (AvgIpc) is 3.07. The van der Waals surface area contributed by atoms with E-state index in [4.69, 9.17) is 9.47 Å². The lowest BCUT2D eigenvalue weighted by Gasteiger charge is -2.17. The second-order valence-corrected chi connectivity index (χ2v) is 12.5. The Morgan fingerprint density at radius 2 is 1.15 bits per heavy atom. The molecule has 8 heteroatoms. The van der Waals surface area contributed by atoms with Crippen molar-refractivity contribution in [3.05, 3.63) is 60.8 Å². The molecule has 4 atom stereocenters. The van der Waals surface area contributed by atoms with Crippen molar-refractivity contribution >= 4 is 11.9 Å². The molecule has 0 radical (unpaired) electrons. The molecule has 0 spiro atoms. The van der Waals surface area contributed by atoms with Gasteiger partial charge in [0.1, 0.15) is 6.61 Å². The van der Waals surface area contributed by atoms with E-state index in [0.717, 1.165) is 25.7 Å². The van der Waals surface area contributed by atoms with E-state index >= 15 is 0 Å². The second-order valence-electron chi connectivity index (χ2n) is 12.5. The molecule has 0 saturated heterocycles. The Bertz CT molecular complexity index is 907. The van der Waals surface area contributed by atoms with Crippen LogP contribution in [0.4, 0.5) is 0 Å². The van der Waals surface area contributed by atoms with Crippen LogP contribution in [-0.4, -0.2) is 70.0 Å². The smallest absolute Gasteiger partial charge is 0.306 e. The molecule has 0 rings (SSSR count). The average molecular weight is 677 g/mol. The molecule has 0 aromatic heterocycles. The summed E-state index contributed by atoms with van der Waals surface area (Å²) in [6.45, 7) is 3.64. The maximum Gasteiger partial charge on any atom is 0.306 e. The van der Waals surface area contributed by atoms with Gasteiger partial charge in [0.2, 0.25) is 0 Å². The zero-order chi connectivity index (χ0) is 35.5. The van der Waals surface area contributed by atoms with Crippen LogP contribution in [-0.2, 0) is 19.1 Å². The van der Waals surface area contributed by atoms with E-state index in [2.05, 4.69) is 6.92 Å². The lowest BCUT2D eigenvalue weighted by atomic mass is 10.0. The Morgan fingerprint density at radius 3 is 1.71 bits per heavy atom. The number of allylic oxidation sites excluding steroid dienone is 7. The quantitative estimate of drug-likeness (QED) is 0.0243. The van der Waals surface area contributed by atoms with Crippen molar-refractivity contribution in [2.24, 2.45) is 0 Å². The van der Waals surface area contributed by atoms with Gasteiger partial charge >= 0.3 is 11.9 Å². The third-order valence-corrected chi connectivity index (χ3v) is 7.92. The SMILES string of the molecule is CC/C=C\C[C@H](O)/C=C/C=C/C=C\C=C/[C@@H](O)[C@H](O)CCCC(=O)O[C@@H](CO)COC(=O)CCCCCCCCCCCCCCCC. The first-order valence-electron chi connectivity index (χ1n) is 18.7. The van der Waals surface area contributed by atoms with Crippen LogP contribution in [0.3, 0.4) is 0 Å². The number of esters is 2. The predicted octanol–water partition coefficient (Wildman–Crippen LogP) is 8.14. The van der Waals surface area contributed by atoms with Crippen molar-refractivity contribution in [1.29, 1.82) is 0 Å². The minimum Gasteiger partial charge on any atom is -0.462 e. The van der Waals surface area contributed by atoms with Crippen LogP contribution in [0, 0.1) is 0 Å². The molecule has 0 aromatic carbocycles. The highest BCUT2D eigenvalue weighted by Gasteiger charge is 2.18. The molecule has 0 saturated carbocycles. The third-order valence-electron chi connectivity index (χ3n) is 7.92. The van der Waals surface area contributed by atoms with E-state index in [0.29, 0.717) is 12.8 Å². The Labute approximate surface area is 291 Å². The van der Waals surface area contributed by atoms with E-state index < -0.39 is 37.0 Å². The summed E-state index contributed by atoms with van der Waals surface area (Å²) in [5, 5.41) is 39.6. The number of aliphatic hydroxyl groups excluding tert-OH is 4. The molecule has 4 N–H and O–H groups in total. The van der Waals surface area contributed by atoms with Gasteiger partial charge in [-0.3, -0.25) is 9.59 Å². The van der Waals surface area contributed by atoms with E-state index in [1.54, 1.807) is 42.5 Å². The zero-order valence-electron chi connectivity index (χ0n) is 30.1. The van der Waals surface area contributed by atoms with Crippen molar-refractivity contribution < 1.29 is 39.5 Å². The number of aliphatic hydroxyl groups is 4. The molecule has 0 heterocycles. The first-order chi connectivity index (χ1) is 23.3. The molecule has 0 fully saturated rings. The lowest BCUT2D eigenvalue weighted by Crippen LogP contribution is -2.29. The molecular formula is C40H68O8. The second kappa shape index (κ2) is 34.3. The van der Waals surface area contributed by atoms with Crippen LogP contribution in [0.25, 0.3) is 0 Å². The number of hydrogen-bond donors (Lipinski definition) is 4. The van der Waals surface area contributed by atoms with Crippen molar-refractivity contribution in [2.45, 2.75) is 167 Å². The van der Waals surface area contributed by atoms with E-state index in [9.17, 15) is 30.0 Å². The summed E-state index contributed by atoms with van der Waals surface area (Å²) >= 11 is 0. The van der Waals surface area contributed by atoms with E-state index in [-0.39, 0.29) is 31.8 Å². The lowest BCUT2D eigenvalue weighted by molar-refractivity contribution is -0.161. The molecule has 0 aliphatic rings. The molecule has 8 nitrogen and oxygen atoms in total. The van der Waals surface area contributed by atoms with Crippen molar-refractivity contribution in [3.63, 3.8) is 0 Å². The molecule has 0 unspecified atom stereocenters. The van der Waals surface area contributed by atoms with Crippen LogP contribution in [0.15, 0.2) is 60.8 Å².